The zero-order valence-corrected chi connectivity index (χ0v) is 39.2. The van der Waals surface area contributed by atoms with Gasteiger partial charge in [0.15, 0.2) is 8.07 Å². The van der Waals surface area contributed by atoms with Gasteiger partial charge in [0.25, 0.3) is 0 Å². The predicted octanol–water partition coefficient (Wildman–Crippen LogP) is 13.0. The molecular weight excluding hydrogens is 843 g/mol. The zero-order chi connectivity index (χ0) is 45.8. The van der Waals surface area contributed by atoms with Gasteiger partial charge in [0.1, 0.15) is 11.5 Å². The van der Waals surface area contributed by atoms with Crippen molar-refractivity contribution in [1.82, 2.24) is 15.0 Å². The van der Waals surface area contributed by atoms with Crippen LogP contribution in [0.25, 0.3) is 66.7 Å². The van der Waals surface area contributed by atoms with E-state index >= 15 is 0 Å². The van der Waals surface area contributed by atoms with Crippen LogP contribution in [0.15, 0.2) is 231 Å². The molecule has 11 aromatic rings. The fourth-order valence-corrected chi connectivity index (χ4v) is 15.6. The predicted molar refractivity (Wildman–Crippen MR) is 284 cm³/mol. The van der Waals surface area contributed by atoms with Crippen LogP contribution in [-0.4, -0.2) is 23.0 Å². The highest BCUT2D eigenvalue weighted by molar-refractivity contribution is 7.20. The van der Waals surface area contributed by atoms with Gasteiger partial charge >= 0.3 is 0 Å². The van der Waals surface area contributed by atoms with Crippen molar-refractivity contribution >= 4 is 50.6 Å². The van der Waals surface area contributed by atoms with Crippen molar-refractivity contribution in [2.45, 2.75) is 26.2 Å². The molecule has 0 saturated heterocycles. The van der Waals surface area contributed by atoms with E-state index in [1.165, 1.54) is 26.3 Å². The number of rotatable bonds is 8. The molecule has 12 rings (SSSR count). The third kappa shape index (κ3) is 6.77. The lowest BCUT2D eigenvalue weighted by atomic mass is 9.75. The molecule has 3 aromatic heterocycles. The average molecular weight is 890 g/mol. The van der Waals surface area contributed by atoms with E-state index in [0.29, 0.717) is 0 Å². The summed E-state index contributed by atoms with van der Waals surface area (Å²) < 4.78 is 6.96. The molecule has 0 bridgehead atoms. The molecule has 8 aromatic carbocycles. The summed E-state index contributed by atoms with van der Waals surface area (Å²) in [6, 6.07) is 81.2. The summed E-state index contributed by atoms with van der Waals surface area (Å²) in [5.74, 6) is 1.69. The Bertz CT molecular complexity index is 3650. The average Bonchev–Trinajstić information content (AvgIpc) is 3.39. The van der Waals surface area contributed by atoms with Crippen LogP contribution in [0.1, 0.15) is 30.5 Å². The fourth-order valence-electron chi connectivity index (χ4n) is 10.7. The van der Waals surface area contributed by atoms with Crippen LogP contribution in [0.2, 0.25) is 0 Å². The Labute approximate surface area is 398 Å². The van der Waals surface area contributed by atoms with Crippen LogP contribution in [0.5, 0.6) is 11.5 Å². The molecule has 0 spiro atoms. The quantitative estimate of drug-likeness (QED) is 0.0866. The van der Waals surface area contributed by atoms with Crippen LogP contribution in [0.3, 0.4) is 0 Å². The maximum Gasteiger partial charge on any atom is 0.179 e. The van der Waals surface area contributed by atoms with E-state index in [1.54, 1.807) is 0 Å². The Morgan fingerprint density at radius 3 is 1.65 bits per heavy atom. The maximum atomic E-state index is 6.96. The van der Waals surface area contributed by atoms with Gasteiger partial charge in [-0.3, -0.25) is 4.98 Å². The van der Waals surface area contributed by atoms with Crippen molar-refractivity contribution in [3.8, 4) is 56.4 Å². The summed E-state index contributed by atoms with van der Waals surface area (Å²) >= 11 is 0. The molecule has 0 atom stereocenters. The molecule has 68 heavy (non-hydrogen) atoms. The van der Waals surface area contributed by atoms with Gasteiger partial charge in [0.05, 0.1) is 28.1 Å². The Balaban J connectivity index is 1.18. The second-order valence-corrected chi connectivity index (χ2v) is 22.2. The van der Waals surface area contributed by atoms with E-state index < -0.39 is 8.07 Å². The van der Waals surface area contributed by atoms with Crippen molar-refractivity contribution in [2.75, 3.05) is 0 Å². The van der Waals surface area contributed by atoms with Gasteiger partial charge in [-0.1, -0.05) is 207 Å². The minimum atomic E-state index is -2.90. The Hall–Kier alpha value is -8.25. The maximum absolute atomic E-state index is 6.96. The highest BCUT2D eigenvalue weighted by atomic mass is 28.3. The lowest BCUT2D eigenvalue weighted by Gasteiger charge is -2.35. The highest BCUT2D eigenvalue weighted by Crippen LogP contribution is 2.51. The van der Waals surface area contributed by atoms with Crippen molar-refractivity contribution in [3.63, 3.8) is 0 Å². The third-order valence-electron chi connectivity index (χ3n) is 14.0. The summed E-state index contributed by atoms with van der Waals surface area (Å²) in [4.78, 5) is 16.0. The molecule has 0 unspecified atom stereocenters. The van der Waals surface area contributed by atoms with Crippen LogP contribution in [-0.2, 0) is 5.41 Å². The molecule has 324 valence electrons. The highest BCUT2D eigenvalue weighted by Gasteiger charge is 2.42. The lowest BCUT2D eigenvalue weighted by molar-refractivity contribution is 0.419. The van der Waals surface area contributed by atoms with Gasteiger partial charge in [0.2, 0.25) is 0 Å². The van der Waals surface area contributed by atoms with Gasteiger partial charge in [-0.05, 0) is 86.3 Å². The SMILES string of the molecule is Cc1cccc([Si](c2ccccc2)(c2ccccc2)c2cccc(-c3cc(-c4cccc5c4Oc4ccccc4C5(C)C)nc4c3ccc3c(-c5ccccc5)cc(-c5ccccn5)nc34)c2)c1. The summed E-state index contributed by atoms with van der Waals surface area (Å²) in [7, 11) is -2.90. The fraction of sp³-hybridized carbons (Fsp3) is 0.0635. The van der Waals surface area contributed by atoms with Gasteiger partial charge in [-0.25, -0.2) is 9.97 Å². The lowest BCUT2D eigenvalue weighted by Crippen LogP contribution is -2.74. The van der Waals surface area contributed by atoms with E-state index in [2.05, 4.69) is 221 Å². The van der Waals surface area contributed by atoms with E-state index in [4.69, 9.17) is 19.7 Å². The molecule has 0 radical (unpaired) electrons. The van der Waals surface area contributed by atoms with Gasteiger partial charge < -0.3 is 4.74 Å². The van der Waals surface area contributed by atoms with Gasteiger partial charge in [-0.2, -0.15) is 0 Å². The number of nitrogens with zero attached hydrogens (tertiary/aromatic N) is 3. The van der Waals surface area contributed by atoms with E-state index in [1.807, 2.05) is 30.5 Å². The number of hydrogen-bond acceptors (Lipinski definition) is 4. The van der Waals surface area contributed by atoms with Crippen molar-refractivity contribution in [1.29, 1.82) is 0 Å². The molecule has 0 fully saturated rings. The summed E-state index contributed by atoms with van der Waals surface area (Å²) in [5, 5.41) is 7.33. The smallest absolute Gasteiger partial charge is 0.179 e. The first-order chi connectivity index (χ1) is 33.4. The molecule has 0 saturated carbocycles. The topological polar surface area (TPSA) is 47.9 Å². The Morgan fingerprint density at radius 1 is 0.412 bits per heavy atom. The molecule has 5 heteroatoms. The van der Waals surface area contributed by atoms with Crippen molar-refractivity contribution < 1.29 is 4.74 Å². The number of pyridine rings is 3. The number of aryl methyl sites for hydroxylation is 1. The van der Waals surface area contributed by atoms with Crippen LogP contribution >= 0.6 is 0 Å². The van der Waals surface area contributed by atoms with Crippen molar-refractivity contribution in [3.05, 3.63) is 247 Å². The second-order valence-electron chi connectivity index (χ2n) is 18.4. The zero-order valence-electron chi connectivity index (χ0n) is 38.2. The molecule has 0 N–H and O–H groups in total. The molecule has 0 aliphatic carbocycles. The second kappa shape index (κ2) is 16.6. The van der Waals surface area contributed by atoms with E-state index in [-0.39, 0.29) is 5.41 Å². The summed E-state index contributed by atoms with van der Waals surface area (Å²) in [6.07, 6.45) is 1.83. The molecule has 4 nitrogen and oxygen atoms in total. The molecular formula is C63H47N3OSi. The monoisotopic (exact) mass is 889 g/mol. The number of ether oxygens (including phenoxy) is 1. The number of aromatic nitrogens is 3. The Kier molecular flexibility index (Phi) is 10.0. The summed E-state index contributed by atoms with van der Waals surface area (Å²) in [5.41, 5.74) is 12.6. The number of benzene rings is 8. The van der Waals surface area contributed by atoms with Gasteiger partial charge in [-0.15, -0.1) is 0 Å². The molecule has 1 aliphatic heterocycles. The third-order valence-corrected chi connectivity index (χ3v) is 18.7. The van der Waals surface area contributed by atoms with Gasteiger partial charge in [0, 0.05) is 39.1 Å². The Morgan fingerprint density at radius 2 is 0.956 bits per heavy atom. The summed E-state index contributed by atoms with van der Waals surface area (Å²) in [6.45, 7) is 6.77. The van der Waals surface area contributed by atoms with Crippen LogP contribution in [0, 0.1) is 6.92 Å². The standard InChI is InChI=1S/C63H47N3OSi/c1-42-20-17-28-47(38-42)68(45-24-9-5-10-25-45,46-26-11-6-12-27-46)48-29-18-23-44(39-48)53-40-57(51-30-19-32-55-62(51)67-59-34-14-13-31-54(59)63(55,2)3)65-60-50(53)36-35-49-52(43-21-7-4-8-22-43)41-58(66-61(49)60)56-33-15-16-37-64-56/h4-41H,1-3H3. The molecule has 0 amide bonds. The molecule has 4 heterocycles. The van der Waals surface area contributed by atoms with E-state index in [0.717, 1.165) is 89.3 Å². The minimum Gasteiger partial charge on any atom is -0.456 e. The first-order valence-corrected chi connectivity index (χ1v) is 25.3. The van der Waals surface area contributed by atoms with Crippen LogP contribution in [0.4, 0.5) is 0 Å². The minimum absolute atomic E-state index is 0.302. The number of hydrogen-bond donors (Lipinski definition) is 0. The van der Waals surface area contributed by atoms with E-state index in [9.17, 15) is 0 Å². The number of fused-ring (bicyclic) bond motifs is 5. The normalized spacial score (nSPS) is 12.9. The first kappa shape index (κ1) is 41.2. The molecule has 1 aliphatic rings. The largest absolute Gasteiger partial charge is 0.456 e. The van der Waals surface area contributed by atoms with Crippen molar-refractivity contribution in [2.24, 2.45) is 0 Å². The first-order valence-electron chi connectivity index (χ1n) is 23.3. The van der Waals surface area contributed by atoms with Crippen LogP contribution < -0.4 is 25.5 Å². The number of para-hydroxylation sites is 2.